The van der Waals surface area contributed by atoms with Gasteiger partial charge in [0.2, 0.25) is 0 Å². The molecule has 2 rings (SSSR count). The summed E-state index contributed by atoms with van der Waals surface area (Å²) in [5.41, 5.74) is 0. The first-order valence-electron chi connectivity index (χ1n) is 11.5. The summed E-state index contributed by atoms with van der Waals surface area (Å²) in [6, 6.07) is 0. The smallest absolute Gasteiger partial charge is 0.136 e. The number of carbonyl (C=O) groups excluding carboxylic acids is 1. The molecule has 2 aliphatic rings. The molecule has 2 saturated carbocycles. The first kappa shape index (κ1) is 22.1. The normalized spacial score (nSPS) is 25.0. The van der Waals surface area contributed by atoms with E-state index < -0.39 is 0 Å². The van der Waals surface area contributed by atoms with E-state index in [1.807, 2.05) is 0 Å². The predicted molar refractivity (Wildman–Crippen MR) is 117 cm³/mol. The molecule has 0 aromatic rings. The topological polar surface area (TPSA) is 17.1 Å². The lowest BCUT2D eigenvalue weighted by atomic mass is 9.85. The Labute approximate surface area is 167 Å². The van der Waals surface area contributed by atoms with Crippen LogP contribution in [0.3, 0.4) is 0 Å². The molecular weight excluding hydrogens is 336 g/mol. The first-order valence-corrected chi connectivity index (χ1v) is 12.5. The van der Waals surface area contributed by atoms with E-state index in [1.165, 1.54) is 76.4 Å². The van der Waals surface area contributed by atoms with Crippen molar-refractivity contribution in [1.29, 1.82) is 0 Å². The van der Waals surface area contributed by atoms with Gasteiger partial charge >= 0.3 is 0 Å². The molecule has 2 atom stereocenters. The highest BCUT2D eigenvalue weighted by molar-refractivity contribution is 7.99. The number of hydrogen-bond donors (Lipinski definition) is 0. The van der Waals surface area contributed by atoms with Gasteiger partial charge in [-0.05, 0) is 48.5 Å². The van der Waals surface area contributed by atoms with E-state index in [4.69, 9.17) is 0 Å². The standard InChI is InChI=1S/C24H42OS/c1-20(2)26-19-10-5-3-4-9-16-23-22(17-18-24(23)25)15-11-14-21-12-7-6-8-13-21/h11,15,20-23H,3-10,12-14,16-19H2,1-2H3/b15-11+/t22-,23+/m0/s1. The van der Waals surface area contributed by atoms with Crippen molar-refractivity contribution in [1.82, 2.24) is 0 Å². The van der Waals surface area contributed by atoms with E-state index in [0.717, 1.165) is 30.4 Å². The molecule has 2 aliphatic carbocycles. The number of Topliss-reactive ketones (excluding diaryl/α,β-unsaturated/α-hetero) is 1. The molecular formula is C24H42OS. The fourth-order valence-electron chi connectivity index (χ4n) is 4.72. The summed E-state index contributed by atoms with van der Waals surface area (Å²) in [4.78, 5) is 12.3. The Balaban J connectivity index is 1.58. The number of thioether (sulfide) groups is 1. The molecule has 0 bridgehead atoms. The van der Waals surface area contributed by atoms with Gasteiger partial charge in [0.15, 0.2) is 0 Å². The number of ketones is 1. The van der Waals surface area contributed by atoms with E-state index in [9.17, 15) is 4.79 Å². The van der Waals surface area contributed by atoms with Crippen LogP contribution in [0.2, 0.25) is 0 Å². The Hall–Kier alpha value is -0.240. The average Bonchev–Trinajstić information content (AvgIpc) is 2.98. The Morgan fingerprint density at radius 2 is 1.73 bits per heavy atom. The van der Waals surface area contributed by atoms with Crippen LogP contribution in [0, 0.1) is 17.8 Å². The third-order valence-corrected chi connectivity index (χ3v) is 7.53. The first-order chi connectivity index (χ1) is 12.7. The van der Waals surface area contributed by atoms with Crippen LogP contribution < -0.4 is 0 Å². The Bertz CT molecular complexity index is 408. The molecule has 2 fully saturated rings. The van der Waals surface area contributed by atoms with Gasteiger partial charge < -0.3 is 0 Å². The van der Waals surface area contributed by atoms with Crippen molar-refractivity contribution in [2.45, 2.75) is 109 Å². The zero-order valence-corrected chi connectivity index (χ0v) is 18.2. The minimum Gasteiger partial charge on any atom is -0.299 e. The molecule has 0 radical (unpaired) electrons. The number of unbranched alkanes of at least 4 members (excludes halogenated alkanes) is 4. The molecule has 2 heteroatoms. The van der Waals surface area contributed by atoms with Crippen LogP contribution in [0.15, 0.2) is 12.2 Å². The molecule has 26 heavy (non-hydrogen) atoms. The van der Waals surface area contributed by atoms with Crippen LogP contribution in [0.25, 0.3) is 0 Å². The fraction of sp³-hybridized carbons (Fsp3) is 0.875. The van der Waals surface area contributed by atoms with E-state index in [1.54, 1.807) is 0 Å². The molecule has 1 nitrogen and oxygen atoms in total. The van der Waals surface area contributed by atoms with Crippen molar-refractivity contribution in [3.8, 4) is 0 Å². The summed E-state index contributed by atoms with van der Waals surface area (Å²) in [7, 11) is 0. The van der Waals surface area contributed by atoms with Crippen molar-refractivity contribution in [3.63, 3.8) is 0 Å². The maximum atomic E-state index is 12.3. The highest BCUT2D eigenvalue weighted by atomic mass is 32.2. The summed E-state index contributed by atoms with van der Waals surface area (Å²) < 4.78 is 0. The summed E-state index contributed by atoms with van der Waals surface area (Å²) in [5.74, 6) is 3.67. The number of rotatable bonds is 12. The van der Waals surface area contributed by atoms with Crippen molar-refractivity contribution in [2.75, 3.05) is 5.75 Å². The number of allylic oxidation sites excluding steroid dienone is 2. The molecule has 0 aromatic heterocycles. The van der Waals surface area contributed by atoms with Crippen LogP contribution in [-0.4, -0.2) is 16.8 Å². The van der Waals surface area contributed by atoms with Crippen molar-refractivity contribution in [2.24, 2.45) is 17.8 Å². The monoisotopic (exact) mass is 378 g/mol. The third-order valence-electron chi connectivity index (χ3n) is 6.34. The van der Waals surface area contributed by atoms with E-state index in [-0.39, 0.29) is 0 Å². The molecule has 0 spiro atoms. The summed E-state index contributed by atoms with van der Waals surface area (Å²) in [6.07, 6.45) is 23.0. The lowest BCUT2D eigenvalue weighted by Gasteiger charge is -2.20. The Morgan fingerprint density at radius 3 is 2.50 bits per heavy atom. The zero-order valence-electron chi connectivity index (χ0n) is 17.4. The second-order valence-electron chi connectivity index (χ2n) is 8.92. The zero-order chi connectivity index (χ0) is 18.6. The summed E-state index contributed by atoms with van der Waals surface area (Å²) in [5, 5.41) is 0.770. The van der Waals surface area contributed by atoms with Crippen LogP contribution >= 0.6 is 11.8 Å². The van der Waals surface area contributed by atoms with Gasteiger partial charge in [-0.25, -0.2) is 0 Å². The lowest BCUT2D eigenvalue weighted by Crippen LogP contribution is -2.13. The molecule has 0 unspecified atom stereocenters. The van der Waals surface area contributed by atoms with E-state index in [2.05, 4.69) is 37.8 Å². The maximum Gasteiger partial charge on any atom is 0.136 e. The Morgan fingerprint density at radius 1 is 1.00 bits per heavy atom. The maximum absolute atomic E-state index is 12.3. The number of hydrogen-bond acceptors (Lipinski definition) is 2. The minimum absolute atomic E-state index is 0.342. The summed E-state index contributed by atoms with van der Waals surface area (Å²) in [6.45, 7) is 4.56. The highest BCUT2D eigenvalue weighted by Gasteiger charge is 2.32. The second-order valence-corrected chi connectivity index (χ2v) is 10.6. The second kappa shape index (κ2) is 13.0. The van der Waals surface area contributed by atoms with Gasteiger partial charge in [0.25, 0.3) is 0 Å². The largest absolute Gasteiger partial charge is 0.299 e. The molecule has 150 valence electrons. The quantitative estimate of drug-likeness (QED) is 0.257. The van der Waals surface area contributed by atoms with Gasteiger partial charge in [0.05, 0.1) is 0 Å². The third kappa shape index (κ3) is 8.63. The van der Waals surface area contributed by atoms with Crippen LogP contribution in [0.4, 0.5) is 0 Å². The van der Waals surface area contributed by atoms with Crippen LogP contribution in [-0.2, 0) is 4.79 Å². The Kier molecular flexibility index (Phi) is 11.0. The molecule has 0 aromatic carbocycles. The molecule has 0 amide bonds. The SMILES string of the molecule is CC(C)SCCCCCCC[C@H]1C(=O)CC[C@@H]1/C=C/CC1CCCCC1. The van der Waals surface area contributed by atoms with Gasteiger partial charge in [-0.3, -0.25) is 4.79 Å². The molecule has 0 heterocycles. The lowest BCUT2D eigenvalue weighted by molar-refractivity contribution is -0.121. The van der Waals surface area contributed by atoms with Gasteiger partial charge in [-0.15, -0.1) is 0 Å². The van der Waals surface area contributed by atoms with E-state index >= 15 is 0 Å². The van der Waals surface area contributed by atoms with Gasteiger partial charge in [-0.2, -0.15) is 11.8 Å². The van der Waals surface area contributed by atoms with Gasteiger partial charge in [0, 0.05) is 12.3 Å². The predicted octanol–water partition coefficient (Wildman–Crippen LogP) is 7.59. The van der Waals surface area contributed by atoms with Gasteiger partial charge in [0.1, 0.15) is 5.78 Å². The van der Waals surface area contributed by atoms with Gasteiger partial charge in [-0.1, -0.05) is 83.8 Å². The molecule has 0 aliphatic heterocycles. The minimum atomic E-state index is 0.342. The fourth-order valence-corrected chi connectivity index (χ4v) is 5.57. The highest BCUT2D eigenvalue weighted by Crippen LogP contribution is 2.34. The van der Waals surface area contributed by atoms with Crippen molar-refractivity contribution >= 4 is 17.5 Å². The van der Waals surface area contributed by atoms with E-state index in [0.29, 0.717) is 17.6 Å². The molecule has 0 saturated heterocycles. The van der Waals surface area contributed by atoms with Crippen molar-refractivity contribution < 1.29 is 4.79 Å². The number of carbonyl (C=O) groups is 1. The average molecular weight is 379 g/mol. The molecule has 0 N–H and O–H groups in total. The van der Waals surface area contributed by atoms with Crippen LogP contribution in [0.1, 0.15) is 104 Å². The van der Waals surface area contributed by atoms with Crippen molar-refractivity contribution in [3.05, 3.63) is 12.2 Å². The van der Waals surface area contributed by atoms with Crippen LogP contribution in [0.5, 0.6) is 0 Å². The summed E-state index contributed by atoms with van der Waals surface area (Å²) >= 11 is 2.08.